The third-order valence-corrected chi connectivity index (χ3v) is 8.17. The van der Waals surface area contributed by atoms with Gasteiger partial charge in [0, 0.05) is 24.4 Å². The smallest absolute Gasteiger partial charge is 0.240 e. The van der Waals surface area contributed by atoms with Gasteiger partial charge in [-0.1, -0.05) is 18.2 Å². The van der Waals surface area contributed by atoms with Crippen LogP contribution in [0, 0.1) is 18.7 Å². The third-order valence-electron chi connectivity index (χ3n) is 6.65. The third kappa shape index (κ3) is 6.13. The molecule has 1 amide bonds. The number of aryl methyl sites for hydroxylation is 1. The molecule has 1 saturated carbocycles. The van der Waals surface area contributed by atoms with Gasteiger partial charge in [-0.05, 0) is 98.2 Å². The average Bonchev–Trinajstić information content (AvgIpc) is 2.85. The van der Waals surface area contributed by atoms with Crippen LogP contribution in [0.25, 0.3) is 11.1 Å². The van der Waals surface area contributed by atoms with E-state index in [4.69, 9.17) is 0 Å². The molecule has 8 heteroatoms. The minimum absolute atomic E-state index is 0.0505. The maximum absolute atomic E-state index is 13.1. The maximum Gasteiger partial charge on any atom is 0.240 e. The molecule has 0 bridgehead atoms. The van der Waals surface area contributed by atoms with Crippen molar-refractivity contribution in [3.05, 3.63) is 83.9 Å². The first kappa shape index (κ1) is 25.0. The Balaban J connectivity index is 1.33. The molecule has 1 aromatic heterocycles. The highest BCUT2D eigenvalue weighted by Crippen LogP contribution is 2.28. The van der Waals surface area contributed by atoms with Gasteiger partial charge >= 0.3 is 0 Å². The van der Waals surface area contributed by atoms with Crippen LogP contribution in [0.1, 0.15) is 49.8 Å². The summed E-state index contributed by atoms with van der Waals surface area (Å²) in [6.07, 6.45) is 5.82. The van der Waals surface area contributed by atoms with Crippen LogP contribution >= 0.6 is 0 Å². The number of aromatic nitrogens is 1. The molecule has 1 aliphatic rings. The number of carbonyl (C=O) groups is 1. The number of hydrogen-bond donors (Lipinski definition) is 2. The van der Waals surface area contributed by atoms with Crippen LogP contribution in [-0.2, 0) is 14.8 Å². The Labute approximate surface area is 206 Å². The average molecular weight is 496 g/mol. The Morgan fingerprint density at radius 3 is 2.29 bits per heavy atom. The van der Waals surface area contributed by atoms with Crippen molar-refractivity contribution >= 4 is 15.9 Å². The Bertz CT molecular complexity index is 1270. The molecule has 0 unspecified atom stereocenters. The van der Waals surface area contributed by atoms with Crippen molar-refractivity contribution in [2.75, 3.05) is 0 Å². The van der Waals surface area contributed by atoms with E-state index >= 15 is 0 Å². The predicted octanol–water partition coefficient (Wildman–Crippen LogP) is 4.91. The summed E-state index contributed by atoms with van der Waals surface area (Å²) < 4.78 is 42.0. The summed E-state index contributed by atoms with van der Waals surface area (Å²) in [5.74, 6) is -0.529. The van der Waals surface area contributed by atoms with Gasteiger partial charge in [-0.3, -0.25) is 9.78 Å². The molecule has 184 valence electrons. The highest BCUT2D eigenvalue weighted by Gasteiger charge is 2.30. The molecule has 0 saturated heterocycles. The van der Waals surface area contributed by atoms with E-state index in [1.807, 2.05) is 32.0 Å². The molecular weight excluding hydrogens is 465 g/mol. The Hall–Kier alpha value is -3.10. The van der Waals surface area contributed by atoms with Crippen LogP contribution in [0.15, 0.2) is 71.9 Å². The van der Waals surface area contributed by atoms with E-state index in [1.165, 1.54) is 12.1 Å². The molecule has 4 rings (SSSR count). The quantitative estimate of drug-likeness (QED) is 0.488. The number of halogens is 1. The van der Waals surface area contributed by atoms with Crippen molar-refractivity contribution in [3.63, 3.8) is 0 Å². The Morgan fingerprint density at radius 2 is 1.66 bits per heavy atom. The number of benzene rings is 2. The fraction of sp³-hybridized carbons (Fsp3) is 0.333. The summed E-state index contributed by atoms with van der Waals surface area (Å²) in [4.78, 5) is 17.0. The van der Waals surface area contributed by atoms with Gasteiger partial charge in [-0.2, -0.15) is 0 Å². The van der Waals surface area contributed by atoms with Crippen LogP contribution in [-0.4, -0.2) is 25.4 Å². The lowest BCUT2D eigenvalue weighted by molar-refractivity contribution is -0.126. The lowest BCUT2D eigenvalue weighted by Gasteiger charge is -2.29. The zero-order valence-electron chi connectivity index (χ0n) is 19.9. The van der Waals surface area contributed by atoms with E-state index in [0.717, 1.165) is 22.3 Å². The first-order valence-corrected chi connectivity index (χ1v) is 13.3. The molecule has 3 aromatic rings. The van der Waals surface area contributed by atoms with E-state index in [0.29, 0.717) is 25.7 Å². The largest absolute Gasteiger partial charge is 0.349 e. The molecule has 0 radical (unpaired) electrons. The SMILES string of the molecule is Cc1cc(S(=O)(=O)NC2CCC(C(=O)N[C@H](C)c3ccc(F)cc3)CC2)ccc1-c1ccncc1. The van der Waals surface area contributed by atoms with Crippen molar-refractivity contribution in [1.29, 1.82) is 0 Å². The van der Waals surface area contributed by atoms with Gasteiger partial charge in [-0.25, -0.2) is 17.5 Å². The number of amides is 1. The van der Waals surface area contributed by atoms with E-state index in [-0.39, 0.29) is 34.6 Å². The first-order chi connectivity index (χ1) is 16.7. The van der Waals surface area contributed by atoms with Gasteiger partial charge in [0.15, 0.2) is 0 Å². The highest BCUT2D eigenvalue weighted by molar-refractivity contribution is 7.89. The summed E-state index contributed by atoms with van der Waals surface area (Å²) in [5.41, 5.74) is 3.66. The van der Waals surface area contributed by atoms with Crippen molar-refractivity contribution < 1.29 is 17.6 Å². The van der Waals surface area contributed by atoms with Crippen molar-refractivity contribution in [2.24, 2.45) is 5.92 Å². The number of sulfonamides is 1. The van der Waals surface area contributed by atoms with E-state index in [2.05, 4.69) is 15.0 Å². The molecule has 6 nitrogen and oxygen atoms in total. The van der Waals surface area contributed by atoms with E-state index in [9.17, 15) is 17.6 Å². The summed E-state index contributed by atoms with van der Waals surface area (Å²) in [5, 5.41) is 3.00. The molecule has 0 spiro atoms. The minimum Gasteiger partial charge on any atom is -0.349 e. The fourth-order valence-electron chi connectivity index (χ4n) is 4.59. The lowest BCUT2D eigenvalue weighted by atomic mass is 9.85. The van der Waals surface area contributed by atoms with Gasteiger partial charge in [-0.15, -0.1) is 0 Å². The van der Waals surface area contributed by atoms with Crippen molar-refractivity contribution in [2.45, 2.75) is 56.5 Å². The second-order valence-corrected chi connectivity index (χ2v) is 10.9. The summed E-state index contributed by atoms with van der Waals surface area (Å²) in [6, 6.07) is 14.6. The first-order valence-electron chi connectivity index (χ1n) is 11.8. The molecule has 1 fully saturated rings. The van der Waals surface area contributed by atoms with Crippen molar-refractivity contribution in [1.82, 2.24) is 15.0 Å². The van der Waals surface area contributed by atoms with Crippen LogP contribution < -0.4 is 10.0 Å². The van der Waals surface area contributed by atoms with Gasteiger partial charge in [0.2, 0.25) is 15.9 Å². The van der Waals surface area contributed by atoms with Gasteiger partial charge in [0.25, 0.3) is 0 Å². The Morgan fingerprint density at radius 1 is 1.00 bits per heavy atom. The molecule has 1 heterocycles. The fourth-order valence-corrected chi connectivity index (χ4v) is 5.98. The normalized spacial score (nSPS) is 19.2. The maximum atomic E-state index is 13.1. The van der Waals surface area contributed by atoms with Crippen LogP contribution in [0.5, 0.6) is 0 Å². The standard InChI is InChI=1S/C27H30FN3O3S/c1-18-17-25(11-12-26(18)21-13-15-29-16-14-21)35(33,34)31-24-9-5-22(6-10-24)27(32)30-19(2)20-3-7-23(28)8-4-20/h3-4,7-8,11-17,19,22,24,31H,5-6,9-10H2,1-2H3,(H,30,32)/t19-,22?,24?/m1/s1. The molecular formula is C27H30FN3O3S. The predicted molar refractivity (Wildman–Crippen MR) is 133 cm³/mol. The van der Waals surface area contributed by atoms with E-state index < -0.39 is 10.0 Å². The number of hydrogen-bond acceptors (Lipinski definition) is 4. The number of carbonyl (C=O) groups excluding carboxylic acids is 1. The van der Waals surface area contributed by atoms with Crippen LogP contribution in [0.3, 0.4) is 0 Å². The van der Waals surface area contributed by atoms with Crippen molar-refractivity contribution in [3.8, 4) is 11.1 Å². The molecule has 0 aliphatic heterocycles. The number of pyridine rings is 1. The summed E-state index contributed by atoms with van der Waals surface area (Å²) in [6.45, 7) is 3.76. The van der Waals surface area contributed by atoms with Crippen LogP contribution in [0.2, 0.25) is 0 Å². The molecule has 35 heavy (non-hydrogen) atoms. The molecule has 1 aliphatic carbocycles. The number of nitrogens with zero attached hydrogens (tertiary/aromatic N) is 1. The topological polar surface area (TPSA) is 88.2 Å². The van der Waals surface area contributed by atoms with Gasteiger partial charge in [0.1, 0.15) is 5.82 Å². The zero-order valence-corrected chi connectivity index (χ0v) is 20.7. The monoisotopic (exact) mass is 495 g/mol. The second kappa shape index (κ2) is 10.7. The molecule has 1 atom stereocenters. The summed E-state index contributed by atoms with van der Waals surface area (Å²) >= 11 is 0. The van der Waals surface area contributed by atoms with Gasteiger partial charge < -0.3 is 5.32 Å². The number of nitrogens with one attached hydrogen (secondary N) is 2. The molecule has 2 N–H and O–H groups in total. The minimum atomic E-state index is -3.67. The zero-order chi connectivity index (χ0) is 25.0. The van der Waals surface area contributed by atoms with Gasteiger partial charge in [0.05, 0.1) is 10.9 Å². The highest BCUT2D eigenvalue weighted by atomic mass is 32.2. The summed E-state index contributed by atoms with van der Waals surface area (Å²) in [7, 11) is -3.67. The molecule has 2 aromatic carbocycles. The van der Waals surface area contributed by atoms with E-state index in [1.54, 1.807) is 36.7 Å². The Kier molecular flexibility index (Phi) is 7.62. The number of rotatable bonds is 7. The van der Waals surface area contributed by atoms with Crippen LogP contribution in [0.4, 0.5) is 4.39 Å². The second-order valence-electron chi connectivity index (χ2n) is 9.16. The lowest BCUT2D eigenvalue weighted by Crippen LogP contribution is -2.41.